The molecule has 2 N–H and O–H groups in total. The lowest BCUT2D eigenvalue weighted by molar-refractivity contribution is 0.153. The fourth-order valence-electron chi connectivity index (χ4n) is 1.07. The van der Waals surface area contributed by atoms with Crippen LogP contribution in [0.15, 0.2) is 22.7 Å². The van der Waals surface area contributed by atoms with Crippen LogP contribution in [-0.4, -0.2) is 28.3 Å². The first kappa shape index (κ1) is 10.8. The molecule has 0 unspecified atom stereocenters. The molecule has 4 nitrogen and oxygen atoms in total. The topological polar surface area (TPSA) is 60.8 Å². The molecule has 0 heterocycles. The van der Waals surface area contributed by atoms with Gasteiger partial charge in [0.05, 0.1) is 0 Å². The molecule has 1 rings (SSSR count). The minimum atomic E-state index is -0.996. The fraction of sp³-hybridized carbons (Fsp3) is 0.222. The number of phenolic OH excluding ortho intramolecular Hbond substituents is 1. The van der Waals surface area contributed by atoms with Gasteiger partial charge in [-0.25, -0.2) is 4.79 Å². The van der Waals surface area contributed by atoms with Crippen molar-refractivity contribution in [3.05, 3.63) is 28.2 Å². The van der Waals surface area contributed by atoms with Crippen molar-refractivity contribution in [1.29, 1.82) is 0 Å². The quantitative estimate of drug-likeness (QED) is 0.857. The summed E-state index contributed by atoms with van der Waals surface area (Å²) in [6, 6.07) is 4.84. The number of rotatable bonds is 2. The summed E-state index contributed by atoms with van der Waals surface area (Å²) in [6.07, 6.45) is -0.996. The van der Waals surface area contributed by atoms with Gasteiger partial charge in [0.25, 0.3) is 0 Å². The summed E-state index contributed by atoms with van der Waals surface area (Å²) >= 11 is 3.21. The number of phenols is 1. The molecular formula is C9H10BrNO3. The lowest BCUT2D eigenvalue weighted by Crippen LogP contribution is -2.23. The van der Waals surface area contributed by atoms with E-state index in [1.165, 1.54) is 13.1 Å². The molecule has 0 aliphatic rings. The molecular weight excluding hydrogens is 250 g/mol. The maximum absolute atomic E-state index is 10.5. The van der Waals surface area contributed by atoms with E-state index in [1.54, 1.807) is 12.1 Å². The van der Waals surface area contributed by atoms with Crippen molar-refractivity contribution in [3.8, 4) is 5.75 Å². The Morgan fingerprint density at radius 2 is 2.14 bits per heavy atom. The van der Waals surface area contributed by atoms with Crippen LogP contribution in [0, 0.1) is 0 Å². The Kier molecular flexibility index (Phi) is 3.35. The Morgan fingerprint density at radius 1 is 1.50 bits per heavy atom. The highest BCUT2D eigenvalue weighted by atomic mass is 79.9. The minimum Gasteiger partial charge on any atom is -0.508 e. The van der Waals surface area contributed by atoms with Gasteiger partial charge in [-0.2, -0.15) is 0 Å². The third-order valence-corrected chi connectivity index (χ3v) is 2.15. The molecule has 1 aromatic rings. The Hall–Kier alpha value is -1.23. The number of halogens is 1. The molecule has 0 saturated heterocycles. The molecule has 5 heteroatoms. The highest BCUT2D eigenvalue weighted by Crippen LogP contribution is 2.20. The molecule has 0 fully saturated rings. The number of aromatic hydroxyl groups is 1. The zero-order valence-corrected chi connectivity index (χ0v) is 9.15. The predicted octanol–water partition coefficient (Wildman–Crippen LogP) is 2.26. The number of amides is 1. The first-order valence-electron chi connectivity index (χ1n) is 3.91. The third-order valence-electron chi connectivity index (χ3n) is 1.69. The standard InChI is InChI=1S/C9H10BrNO3/c1-11(9(13)14)5-6-2-7(10)4-8(12)3-6/h2-4,12H,5H2,1H3,(H,13,14). The largest absolute Gasteiger partial charge is 0.508 e. The van der Waals surface area contributed by atoms with E-state index in [9.17, 15) is 9.90 Å². The van der Waals surface area contributed by atoms with Crippen LogP contribution in [0.4, 0.5) is 4.79 Å². The lowest BCUT2D eigenvalue weighted by atomic mass is 10.2. The maximum Gasteiger partial charge on any atom is 0.407 e. The van der Waals surface area contributed by atoms with Gasteiger partial charge in [-0.15, -0.1) is 0 Å². The second-order valence-corrected chi connectivity index (χ2v) is 3.87. The summed E-state index contributed by atoms with van der Waals surface area (Å²) in [5, 5.41) is 17.9. The van der Waals surface area contributed by atoms with Crippen LogP contribution >= 0.6 is 15.9 Å². The second-order valence-electron chi connectivity index (χ2n) is 2.96. The predicted molar refractivity (Wildman–Crippen MR) is 55.3 cm³/mol. The summed E-state index contributed by atoms with van der Waals surface area (Å²) in [7, 11) is 1.47. The molecule has 1 amide bonds. The van der Waals surface area contributed by atoms with Gasteiger partial charge < -0.3 is 15.1 Å². The highest BCUT2D eigenvalue weighted by molar-refractivity contribution is 9.10. The van der Waals surface area contributed by atoms with Crippen LogP contribution in [0.1, 0.15) is 5.56 Å². The van der Waals surface area contributed by atoms with Gasteiger partial charge >= 0.3 is 6.09 Å². The van der Waals surface area contributed by atoms with Gasteiger partial charge in [0.15, 0.2) is 0 Å². The summed E-state index contributed by atoms with van der Waals surface area (Å²) in [5.41, 5.74) is 0.738. The van der Waals surface area contributed by atoms with Crippen LogP contribution in [-0.2, 0) is 6.54 Å². The van der Waals surface area contributed by atoms with Crippen molar-refractivity contribution < 1.29 is 15.0 Å². The van der Waals surface area contributed by atoms with Crippen LogP contribution in [0.25, 0.3) is 0 Å². The Bertz CT molecular complexity index is 334. The third kappa shape index (κ3) is 2.92. The summed E-state index contributed by atoms with van der Waals surface area (Å²) in [5.74, 6) is 0.119. The molecule has 0 spiro atoms. The number of carboxylic acid groups (broad SMARTS) is 1. The molecule has 0 radical (unpaired) electrons. The molecule has 0 aliphatic heterocycles. The van der Waals surface area contributed by atoms with E-state index in [4.69, 9.17) is 5.11 Å². The number of carbonyl (C=O) groups is 1. The molecule has 0 saturated carbocycles. The van der Waals surface area contributed by atoms with E-state index < -0.39 is 6.09 Å². The summed E-state index contributed by atoms with van der Waals surface area (Å²) < 4.78 is 0.728. The molecule has 76 valence electrons. The van der Waals surface area contributed by atoms with Crippen molar-refractivity contribution >= 4 is 22.0 Å². The first-order valence-corrected chi connectivity index (χ1v) is 4.71. The van der Waals surface area contributed by atoms with Gasteiger partial charge in [0, 0.05) is 18.1 Å². The maximum atomic E-state index is 10.5. The van der Waals surface area contributed by atoms with Crippen LogP contribution < -0.4 is 0 Å². The Morgan fingerprint density at radius 3 is 2.64 bits per heavy atom. The lowest BCUT2D eigenvalue weighted by Gasteiger charge is -2.13. The molecule has 1 aromatic carbocycles. The highest BCUT2D eigenvalue weighted by Gasteiger charge is 2.07. The fourth-order valence-corrected chi connectivity index (χ4v) is 1.59. The van der Waals surface area contributed by atoms with Gasteiger partial charge in [-0.05, 0) is 23.8 Å². The van der Waals surface area contributed by atoms with Crippen LogP contribution in [0.2, 0.25) is 0 Å². The SMILES string of the molecule is CN(Cc1cc(O)cc(Br)c1)C(=O)O. The smallest absolute Gasteiger partial charge is 0.407 e. The van der Waals surface area contributed by atoms with Crippen molar-refractivity contribution in [3.63, 3.8) is 0 Å². The monoisotopic (exact) mass is 259 g/mol. The van der Waals surface area contributed by atoms with Crippen molar-refractivity contribution in [2.45, 2.75) is 6.54 Å². The average molecular weight is 260 g/mol. The van der Waals surface area contributed by atoms with Crippen LogP contribution in [0.3, 0.4) is 0 Å². The van der Waals surface area contributed by atoms with Crippen molar-refractivity contribution in [2.75, 3.05) is 7.05 Å². The van der Waals surface area contributed by atoms with E-state index in [0.29, 0.717) is 0 Å². The Labute approximate surface area is 89.9 Å². The summed E-state index contributed by atoms with van der Waals surface area (Å²) in [6.45, 7) is 0.252. The number of nitrogens with zero attached hydrogens (tertiary/aromatic N) is 1. The zero-order chi connectivity index (χ0) is 10.7. The van der Waals surface area contributed by atoms with Crippen molar-refractivity contribution in [1.82, 2.24) is 4.90 Å². The minimum absolute atomic E-state index is 0.119. The van der Waals surface area contributed by atoms with E-state index in [0.717, 1.165) is 14.9 Å². The molecule has 0 atom stereocenters. The van der Waals surface area contributed by atoms with E-state index in [-0.39, 0.29) is 12.3 Å². The number of benzene rings is 1. The van der Waals surface area contributed by atoms with Crippen LogP contribution in [0.5, 0.6) is 5.75 Å². The summed E-state index contributed by atoms with van der Waals surface area (Å²) in [4.78, 5) is 11.7. The van der Waals surface area contributed by atoms with E-state index >= 15 is 0 Å². The Balaban J connectivity index is 2.81. The van der Waals surface area contributed by atoms with Gasteiger partial charge in [-0.1, -0.05) is 15.9 Å². The second kappa shape index (κ2) is 4.32. The average Bonchev–Trinajstić information content (AvgIpc) is 2.01. The molecule has 0 aromatic heterocycles. The zero-order valence-electron chi connectivity index (χ0n) is 7.57. The molecule has 0 aliphatic carbocycles. The van der Waals surface area contributed by atoms with Gasteiger partial charge in [0.1, 0.15) is 5.75 Å². The van der Waals surface area contributed by atoms with E-state index in [1.807, 2.05) is 0 Å². The van der Waals surface area contributed by atoms with E-state index in [2.05, 4.69) is 15.9 Å². The molecule has 14 heavy (non-hydrogen) atoms. The molecule has 0 bridgehead atoms. The number of hydrogen-bond donors (Lipinski definition) is 2. The van der Waals surface area contributed by atoms with Gasteiger partial charge in [0.2, 0.25) is 0 Å². The van der Waals surface area contributed by atoms with Gasteiger partial charge in [-0.3, -0.25) is 0 Å². The first-order chi connectivity index (χ1) is 6.49. The number of hydrogen-bond acceptors (Lipinski definition) is 2. The normalized spacial score (nSPS) is 9.86. The van der Waals surface area contributed by atoms with Crippen molar-refractivity contribution in [2.24, 2.45) is 0 Å².